The molecule has 2 bridgehead atoms. The van der Waals surface area contributed by atoms with E-state index in [2.05, 4.69) is 12.2 Å². The van der Waals surface area contributed by atoms with Crippen molar-refractivity contribution < 1.29 is 9.53 Å². The van der Waals surface area contributed by atoms with E-state index >= 15 is 0 Å². The van der Waals surface area contributed by atoms with Crippen molar-refractivity contribution in [2.24, 2.45) is 17.3 Å². The van der Waals surface area contributed by atoms with E-state index in [1.54, 1.807) is 0 Å². The van der Waals surface area contributed by atoms with E-state index in [1.807, 2.05) is 0 Å². The molecule has 0 amide bonds. The van der Waals surface area contributed by atoms with Crippen molar-refractivity contribution in [3.63, 3.8) is 0 Å². The van der Waals surface area contributed by atoms with Crippen LogP contribution >= 0.6 is 0 Å². The standard InChI is InChI=1S/C14H18O2/c15-12-14(8-10-3-4-11(14)7-10)9-13(16-12)5-1-2-6-13/h3-4,10-11H,1-2,5-9H2. The zero-order valence-electron chi connectivity index (χ0n) is 9.58. The molecule has 0 radical (unpaired) electrons. The molecule has 3 fully saturated rings. The fraction of sp³-hybridized carbons (Fsp3) is 0.786. The molecule has 16 heavy (non-hydrogen) atoms. The second kappa shape index (κ2) is 2.72. The first kappa shape index (κ1) is 9.26. The van der Waals surface area contributed by atoms with Gasteiger partial charge in [0.05, 0.1) is 5.41 Å². The minimum Gasteiger partial charge on any atom is -0.459 e. The second-order valence-corrected chi connectivity index (χ2v) is 6.30. The van der Waals surface area contributed by atoms with E-state index in [9.17, 15) is 4.79 Å². The topological polar surface area (TPSA) is 26.3 Å². The number of hydrogen-bond donors (Lipinski definition) is 0. The first-order chi connectivity index (χ1) is 7.73. The summed E-state index contributed by atoms with van der Waals surface area (Å²) in [5.41, 5.74) is -0.154. The molecule has 2 nitrogen and oxygen atoms in total. The van der Waals surface area contributed by atoms with Crippen molar-refractivity contribution in [2.45, 2.75) is 50.5 Å². The summed E-state index contributed by atoms with van der Waals surface area (Å²) >= 11 is 0. The van der Waals surface area contributed by atoms with Gasteiger partial charge in [-0.15, -0.1) is 0 Å². The summed E-state index contributed by atoms with van der Waals surface area (Å²) in [7, 11) is 0. The number of rotatable bonds is 0. The lowest BCUT2D eigenvalue weighted by atomic mass is 9.71. The van der Waals surface area contributed by atoms with Crippen molar-refractivity contribution in [1.29, 1.82) is 0 Å². The number of fused-ring (bicyclic) bond motifs is 3. The number of ether oxygens (including phenoxy) is 1. The van der Waals surface area contributed by atoms with Gasteiger partial charge in [0.2, 0.25) is 0 Å². The highest BCUT2D eigenvalue weighted by Crippen LogP contribution is 2.62. The summed E-state index contributed by atoms with van der Waals surface area (Å²) in [6.07, 6.45) is 12.6. The molecule has 0 N–H and O–H groups in total. The average Bonchev–Trinajstić information content (AvgIpc) is 2.96. The molecule has 4 aliphatic rings. The molecule has 0 aromatic rings. The molecule has 3 unspecified atom stereocenters. The highest BCUT2D eigenvalue weighted by molar-refractivity contribution is 5.81. The lowest BCUT2D eigenvalue weighted by Gasteiger charge is -2.27. The van der Waals surface area contributed by atoms with Crippen LogP contribution in [0.15, 0.2) is 12.2 Å². The third-order valence-electron chi connectivity index (χ3n) is 5.38. The van der Waals surface area contributed by atoms with Crippen molar-refractivity contribution in [3.8, 4) is 0 Å². The Kier molecular flexibility index (Phi) is 1.57. The lowest BCUT2D eigenvalue weighted by Crippen LogP contribution is -2.31. The third-order valence-corrected chi connectivity index (χ3v) is 5.38. The van der Waals surface area contributed by atoms with E-state index in [1.165, 1.54) is 19.3 Å². The molecule has 2 heteroatoms. The van der Waals surface area contributed by atoms with Gasteiger partial charge in [-0.25, -0.2) is 0 Å². The Morgan fingerprint density at radius 1 is 1.25 bits per heavy atom. The van der Waals surface area contributed by atoms with Crippen molar-refractivity contribution >= 4 is 5.97 Å². The quantitative estimate of drug-likeness (QED) is 0.461. The number of carbonyl (C=O) groups excluding carboxylic acids is 1. The largest absolute Gasteiger partial charge is 0.459 e. The molecule has 1 heterocycles. The fourth-order valence-corrected chi connectivity index (χ4v) is 4.67. The minimum absolute atomic E-state index is 0.0462. The van der Waals surface area contributed by atoms with Crippen molar-refractivity contribution in [2.75, 3.05) is 0 Å². The molecule has 3 aliphatic carbocycles. The summed E-state index contributed by atoms with van der Waals surface area (Å²) in [6, 6.07) is 0. The van der Waals surface area contributed by atoms with Gasteiger partial charge in [0.1, 0.15) is 5.60 Å². The first-order valence-corrected chi connectivity index (χ1v) is 6.64. The van der Waals surface area contributed by atoms with Crippen molar-refractivity contribution in [1.82, 2.24) is 0 Å². The van der Waals surface area contributed by atoms with Crippen LogP contribution in [-0.4, -0.2) is 11.6 Å². The van der Waals surface area contributed by atoms with Crippen LogP contribution in [0, 0.1) is 17.3 Å². The zero-order valence-corrected chi connectivity index (χ0v) is 9.58. The smallest absolute Gasteiger partial charge is 0.313 e. The molecule has 0 aromatic carbocycles. The predicted molar refractivity (Wildman–Crippen MR) is 59.7 cm³/mol. The summed E-state index contributed by atoms with van der Waals surface area (Å²) in [4.78, 5) is 12.3. The fourth-order valence-electron chi connectivity index (χ4n) is 4.67. The molecule has 86 valence electrons. The van der Waals surface area contributed by atoms with Gasteiger partial charge >= 0.3 is 5.97 Å². The van der Waals surface area contributed by atoms with Crippen molar-refractivity contribution in [3.05, 3.63) is 12.2 Å². The van der Waals surface area contributed by atoms with E-state index in [-0.39, 0.29) is 17.0 Å². The molecule has 2 saturated carbocycles. The first-order valence-electron chi connectivity index (χ1n) is 6.64. The molecular weight excluding hydrogens is 200 g/mol. The molecule has 1 aliphatic heterocycles. The number of carbonyl (C=O) groups is 1. The van der Waals surface area contributed by atoms with Gasteiger partial charge in [0.25, 0.3) is 0 Å². The van der Waals surface area contributed by atoms with Crippen LogP contribution in [-0.2, 0) is 9.53 Å². The van der Waals surface area contributed by atoms with Gasteiger partial charge < -0.3 is 4.74 Å². The van der Waals surface area contributed by atoms with Gasteiger partial charge in [-0.1, -0.05) is 12.2 Å². The van der Waals surface area contributed by atoms with Crippen LogP contribution in [0.3, 0.4) is 0 Å². The maximum absolute atomic E-state index is 12.3. The van der Waals surface area contributed by atoms with E-state index in [4.69, 9.17) is 4.74 Å². The van der Waals surface area contributed by atoms with Gasteiger partial charge in [0.15, 0.2) is 0 Å². The Morgan fingerprint density at radius 3 is 2.69 bits per heavy atom. The molecule has 4 rings (SSSR count). The minimum atomic E-state index is -0.107. The van der Waals surface area contributed by atoms with Gasteiger partial charge in [-0.3, -0.25) is 4.79 Å². The summed E-state index contributed by atoms with van der Waals surface area (Å²) in [5.74, 6) is 1.28. The van der Waals surface area contributed by atoms with Crippen LogP contribution in [0.1, 0.15) is 44.9 Å². The molecule has 3 atom stereocenters. The highest BCUT2D eigenvalue weighted by atomic mass is 16.6. The molecule has 0 aromatic heterocycles. The lowest BCUT2D eigenvalue weighted by molar-refractivity contribution is -0.154. The van der Waals surface area contributed by atoms with Crippen LogP contribution < -0.4 is 0 Å². The Morgan fingerprint density at radius 2 is 2.06 bits per heavy atom. The summed E-state index contributed by atoms with van der Waals surface area (Å²) in [5, 5.41) is 0. The second-order valence-electron chi connectivity index (χ2n) is 6.30. The van der Waals surface area contributed by atoms with E-state index in [0.29, 0.717) is 11.8 Å². The highest BCUT2D eigenvalue weighted by Gasteiger charge is 2.63. The van der Waals surface area contributed by atoms with Gasteiger partial charge in [-0.2, -0.15) is 0 Å². The molecule has 2 spiro atoms. The Balaban J connectivity index is 1.71. The predicted octanol–water partition coefficient (Wildman–Crippen LogP) is 2.83. The zero-order chi connectivity index (χ0) is 10.8. The van der Waals surface area contributed by atoms with E-state index < -0.39 is 0 Å². The average molecular weight is 218 g/mol. The number of esters is 1. The molecule has 1 saturated heterocycles. The number of hydrogen-bond acceptors (Lipinski definition) is 2. The Hall–Kier alpha value is -0.790. The van der Waals surface area contributed by atoms with Crippen LogP contribution in [0.5, 0.6) is 0 Å². The van der Waals surface area contributed by atoms with Crippen LogP contribution in [0.25, 0.3) is 0 Å². The number of allylic oxidation sites excluding steroid dienone is 2. The maximum Gasteiger partial charge on any atom is 0.313 e. The van der Waals surface area contributed by atoms with Gasteiger partial charge in [0, 0.05) is 6.42 Å². The Bertz CT molecular complexity index is 378. The SMILES string of the molecule is O=C1OC2(CCCC2)CC12CC1C=CC2C1. The normalized spacial score (nSPS) is 47.4. The van der Waals surface area contributed by atoms with Gasteiger partial charge in [-0.05, 0) is 50.4 Å². The van der Waals surface area contributed by atoms with Crippen LogP contribution in [0.4, 0.5) is 0 Å². The van der Waals surface area contributed by atoms with Crippen LogP contribution in [0.2, 0.25) is 0 Å². The Labute approximate surface area is 96.0 Å². The maximum atomic E-state index is 12.3. The molecular formula is C14H18O2. The summed E-state index contributed by atoms with van der Waals surface area (Å²) in [6.45, 7) is 0. The third kappa shape index (κ3) is 0.964. The monoisotopic (exact) mass is 218 g/mol. The van der Waals surface area contributed by atoms with E-state index in [0.717, 1.165) is 25.7 Å². The summed E-state index contributed by atoms with van der Waals surface area (Å²) < 4.78 is 5.83.